The molecule has 5 aromatic rings. The van der Waals surface area contributed by atoms with Crippen molar-refractivity contribution in [3.8, 4) is 16.9 Å². The van der Waals surface area contributed by atoms with Crippen LogP contribution in [-0.4, -0.2) is 41.4 Å². The van der Waals surface area contributed by atoms with E-state index in [9.17, 15) is 0 Å². The highest BCUT2D eigenvalue weighted by Crippen LogP contribution is 2.32. The molecule has 1 aliphatic heterocycles. The summed E-state index contributed by atoms with van der Waals surface area (Å²) in [5.41, 5.74) is 8.94. The number of pyridine rings is 1. The number of fused-ring (bicyclic) bond motifs is 4. The minimum Gasteiger partial charge on any atom is -0.491 e. The highest BCUT2D eigenvalue weighted by Gasteiger charge is 2.16. The minimum atomic E-state index is 0.506. The molecule has 39 heavy (non-hydrogen) atoms. The average molecular weight is 520 g/mol. The van der Waals surface area contributed by atoms with E-state index in [4.69, 9.17) is 14.0 Å². The van der Waals surface area contributed by atoms with E-state index in [-0.39, 0.29) is 0 Å². The summed E-state index contributed by atoms with van der Waals surface area (Å²) in [6, 6.07) is 25.7. The summed E-state index contributed by atoms with van der Waals surface area (Å²) in [5.74, 6) is 1.72. The quantitative estimate of drug-likeness (QED) is 0.271. The monoisotopic (exact) mass is 519 g/mol. The van der Waals surface area contributed by atoms with Crippen LogP contribution in [0, 0.1) is 13.8 Å². The Bertz CT molecular complexity index is 1570. The molecule has 0 aliphatic carbocycles. The Morgan fingerprint density at radius 2 is 1.77 bits per heavy atom. The van der Waals surface area contributed by atoms with Crippen LogP contribution < -0.4 is 4.74 Å². The fourth-order valence-electron chi connectivity index (χ4n) is 5.41. The standard InChI is InChI=1S/C33H33N3O3/c1-23-33(24(2)39-35-23)29-10-11-32-30(19-29)17-25-6-5-7-26(16-25)21-36(12-13-37-14-15-38-32)22-27-18-28-8-3-4-9-31(28)34-20-27/h3-11,16,18-20H,12-15,17,21-22H2,1-2H3. The molecule has 0 amide bonds. The number of aromatic nitrogens is 2. The second-order valence-electron chi connectivity index (χ2n) is 10.2. The van der Waals surface area contributed by atoms with Crippen LogP contribution in [0.2, 0.25) is 0 Å². The Balaban J connectivity index is 1.28. The average Bonchev–Trinajstić information content (AvgIpc) is 3.28. The van der Waals surface area contributed by atoms with Gasteiger partial charge in [0.15, 0.2) is 0 Å². The molecule has 0 saturated carbocycles. The van der Waals surface area contributed by atoms with Gasteiger partial charge in [-0.3, -0.25) is 9.88 Å². The minimum absolute atomic E-state index is 0.506. The summed E-state index contributed by atoms with van der Waals surface area (Å²) in [6.45, 7) is 8.11. The van der Waals surface area contributed by atoms with Gasteiger partial charge in [-0.05, 0) is 65.9 Å². The summed E-state index contributed by atoms with van der Waals surface area (Å²) >= 11 is 0. The Morgan fingerprint density at radius 1 is 0.872 bits per heavy atom. The topological polar surface area (TPSA) is 60.6 Å². The van der Waals surface area contributed by atoms with Gasteiger partial charge in [0.25, 0.3) is 0 Å². The highest BCUT2D eigenvalue weighted by molar-refractivity contribution is 5.78. The third kappa shape index (κ3) is 5.87. The molecule has 0 unspecified atom stereocenters. The summed E-state index contributed by atoms with van der Waals surface area (Å²) in [7, 11) is 0. The van der Waals surface area contributed by atoms with E-state index >= 15 is 0 Å². The maximum atomic E-state index is 6.21. The van der Waals surface area contributed by atoms with Crippen LogP contribution in [-0.2, 0) is 24.2 Å². The molecule has 2 aromatic heterocycles. The normalized spacial score (nSPS) is 14.9. The summed E-state index contributed by atoms with van der Waals surface area (Å²) < 4.78 is 17.6. The van der Waals surface area contributed by atoms with Gasteiger partial charge in [-0.25, -0.2) is 0 Å². The largest absolute Gasteiger partial charge is 0.491 e. The molecular formula is C33H33N3O3. The number of benzene rings is 3. The van der Waals surface area contributed by atoms with Gasteiger partial charge in [-0.2, -0.15) is 0 Å². The van der Waals surface area contributed by atoms with Crippen LogP contribution in [0.3, 0.4) is 0 Å². The first-order valence-electron chi connectivity index (χ1n) is 13.5. The zero-order valence-corrected chi connectivity index (χ0v) is 22.5. The molecule has 0 saturated heterocycles. The molecule has 6 heteroatoms. The van der Waals surface area contributed by atoms with Crippen molar-refractivity contribution >= 4 is 10.9 Å². The van der Waals surface area contributed by atoms with Crippen LogP contribution in [0.5, 0.6) is 5.75 Å². The smallest absolute Gasteiger partial charge is 0.141 e. The first-order chi connectivity index (χ1) is 19.1. The van der Waals surface area contributed by atoms with Crippen LogP contribution in [0.25, 0.3) is 22.0 Å². The molecule has 3 aromatic carbocycles. The van der Waals surface area contributed by atoms with Crippen molar-refractivity contribution in [2.75, 3.05) is 26.4 Å². The zero-order valence-electron chi connectivity index (χ0n) is 22.5. The van der Waals surface area contributed by atoms with E-state index < -0.39 is 0 Å². The number of ether oxygens (including phenoxy) is 2. The summed E-state index contributed by atoms with van der Waals surface area (Å²) in [5, 5.41) is 5.32. The van der Waals surface area contributed by atoms with Gasteiger partial charge in [-0.15, -0.1) is 0 Å². The number of nitrogens with zero attached hydrogens (tertiary/aromatic N) is 3. The first-order valence-corrected chi connectivity index (χ1v) is 13.5. The maximum Gasteiger partial charge on any atom is 0.141 e. The molecule has 0 radical (unpaired) electrons. The van der Waals surface area contributed by atoms with Crippen LogP contribution in [0.1, 0.15) is 33.7 Å². The van der Waals surface area contributed by atoms with Gasteiger partial charge in [0.2, 0.25) is 0 Å². The first kappa shape index (κ1) is 25.3. The van der Waals surface area contributed by atoms with Crippen LogP contribution in [0.15, 0.2) is 83.5 Å². The fraction of sp³-hybridized carbons (Fsp3) is 0.273. The van der Waals surface area contributed by atoms with E-state index in [0.29, 0.717) is 19.8 Å². The SMILES string of the molecule is Cc1noc(C)c1-c1ccc2c(c1)Cc1cccc(c1)CN(Cc1cnc3ccccc3c1)CCOCCO2. The molecule has 0 N–H and O–H groups in total. The van der Waals surface area contributed by atoms with Gasteiger partial charge in [0.05, 0.1) is 24.4 Å². The second kappa shape index (κ2) is 11.4. The number of aryl methyl sites for hydroxylation is 2. The van der Waals surface area contributed by atoms with Crippen molar-refractivity contribution in [2.45, 2.75) is 33.4 Å². The summed E-state index contributed by atoms with van der Waals surface area (Å²) in [6.07, 6.45) is 2.77. The van der Waals surface area contributed by atoms with Crippen LogP contribution in [0.4, 0.5) is 0 Å². The van der Waals surface area contributed by atoms with E-state index in [1.54, 1.807) is 0 Å². The Hall–Kier alpha value is -4.00. The van der Waals surface area contributed by atoms with Crippen molar-refractivity contribution in [1.82, 2.24) is 15.0 Å². The lowest BCUT2D eigenvalue weighted by atomic mass is 9.96. The molecule has 2 bridgehead atoms. The van der Waals surface area contributed by atoms with E-state index in [1.165, 1.54) is 22.1 Å². The number of rotatable bonds is 3. The van der Waals surface area contributed by atoms with E-state index in [2.05, 4.69) is 81.8 Å². The molecule has 1 aliphatic rings. The lowest BCUT2D eigenvalue weighted by Crippen LogP contribution is -2.27. The van der Waals surface area contributed by atoms with Crippen molar-refractivity contribution in [1.29, 1.82) is 0 Å². The molecule has 3 heterocycles. The predicted molar refractivity (Wildman–Crippen MR) is 153 cm³/mol. The lowest BCUT2D eigenvalue weighted by molar-refractivity contribution is 0.0757. The third-order valence-corrected chi connectivity index (χ3v) is 7.27. The number of hydrogen-bond acceptors (Lipinski definition) is 6. The van der Waals surface area contributed by atoms with E-state index in [0.717, 1.165) is 65.5 Å². The lowest BCUT2D eigenvalue weighted by Gasteiger charge is -2.23. The Labute approximate surface area is 229 Å². The Kier molecular flexibility index (Phi) is 7.39. The van der Waals surface area contributed by atoms with Crippen molar-refractivity contribution < 1.29 is 14.0 Å². The van der Waals surface area contributed by atoms with Gasteiger partial charge in [-0.1, -0.05) is 53.7 Å². The summed E-state index contributed by atoms with van der Waals surface area (Å²) in [4.78, 5) is 7.10. The molecule has 198 valence electrons. The molecular weight excluding hydrogens is 486 g/mol. The highest BCUT2D eigenvalue weighted by atomic mass is 16.5. The third-order valence-electron chi connectivity index (χ3n) is 7.27. The molecule has 0 atom stereocenters. The van der Waals surface area contributed by atoms with Gasteiger partial charge < -0.3 is 14.0 Å². The molecule has 0 fully saturated rings. The maximum absolute atomic E-state index is 6.21. The molecule has 0 spiro atoms. The van der Waals surface area contributed by atoms with Gasteiger partial charge >= 0.3 is 0 Å². The number of hydrogen-bond donors (Lipinski definition) is 0. The van der Waals surface area contributed by atoms with Gasteiger partial charge in [0, 0.05) is 43.2 Å². The Morgan fingerprint density at radius 3 is 2.67 bits per heavy atom. The number of para-hydroxylation sites is 1. The second-order valence-corrected chi connectivity index (χ2v) is 10.2. The molecule has 6 rings (SSSR count). The molecule has 6 nitrogen and oxygen atoms in total. The van der Waals surface area contributed by atoms with Crippen molar-refractivity contribution in [3.63, 3.8) is 0 Å². The fourth-order valence-corrected chi connectivity index (χ4v) is 5.41. The van der Waals surface area contributed by atoms with Crippen molar-refractivity contribution in [3.05, 3.63) is 113 Å². The van der Waals surface area contributed by atoms with E-state index in [1.807, 2.05) is 26.1 Å². The zero-order chi connectivity index (χ0) is 26.6. The van der Waals surface area contributed by atoms with Crippen molar-refractivity contribution in [2.24, 2.45) is 0 Å². The predicted octanol–water partition coefficient (Wildman–Crippen LogP) is 6.51. The van der Waals surface area contributed by atoms with Crippen LogP contribution >= 0.6 is 0 Å². The van der Waals surface area contributed by atoms with Gasteiger partial charge in [0.1, 0.15) is 18.1 Å².